The molecule has 0 spiro atoms. The maximum atomic E-state index is 10.7. The van der Waals surface area contributed by atoms with E-state index in [4.69, 9.17) is 5.73 Å². The first-order valence-corrected chi connectivity index (χ1v) is 5.03. The molecule has 3 N–H and O–H groups in total. The molecule has 86 valence electrons. The molecular weight excluding hydrogens is 218 g/mol. The smallest absolute Gasteiger partial charge is 0.294 e. The summed E-state index contributed by atoms with van der Waals surface area (Å²) in [4.78, 5) is 10.2. The summed E-state index contributed by atoms with van der Waals surface area (Å²) in [6.45, 7) is 0. The third-order valence-corrected chi connectivity index (χ3v) is 2.29. The van der Waals surface area contributed by atoms with Crippen LogP contribution in [0.15, 0.2) is 48.5 Å². The topological polar surface area (TPSA) is 81.2 Å². The lowest BCUT2D eigenvalue weighted by molar-refractivity contribution is -0.383. The van der Waals surface area contributed by atoms with E-state index in [1.807, 2.05) is 30.3 Å². The van der Waals surface area contributed by atoms with Crippen LogP contribution in [-0.2, 0) is 0 Å². The lowest BCUT2D eigenvalue weighted by Gasteiger charge is -2.06. The Morgan fingerprint density at radius 3 is 2.41 bits per heavy atom. The highest BCUT2D eigenvalue weighted by Crippen LogP contribution is 2.26. The number of hydrogen-bond donors (Lipinski definition) is 2. The van der Waals surface area contributed by atoms with Gasteiger partial charge in [-0.25, -0.2) is 0 Å². The molecule has 2 aromatic carbocycles. The van der Waals surface area contributed by atoms with Crippen LogP contribution in [0.1, 0.15) is 0 Å². The molecule has 0 atom stereocenters. The van der Waals surface area contributed by atoms with Gasteiger partial charge in [-0.05, 0) is 24.3 Å². The highest BCUT2D eigenvalue weighted by molar-refractivity contribution is 5.69. The predicted molar refractivity (Wildman–Crippen MR) is 67.2 cm³/mol. The van der Waals surface area contributed by atoms with Gasteiger partial charge < -0.3 is 11.1 Å². The van der Waals surface area contributed by atoms with E-state index in [-0.39, 0.29) is 11.4 Å². The lowest BCUT2D eigenvalue weighted by Crippen LogP contribution is -1.97. The van der Waals surface area contributed by atoms with Crippen molar-refractivity contribution in [1.82, 2.24) is 0 Å². The predicted octanol–water partition coefficient (Wildman–Crippen LogP) is 2.92. The van der Waals surface area contributed by atoms with E-state index in [0.717, 1.165) is 5.69 Å². The van der Waals surface area contributed by atoms with Crippen LogP contribution in [-0.4, -0.2) is 4.92 Å². The fraction of sp³-hybridized carbons (Fsp3) is 0. The van der Waals surface area contributed by atoms with Gasteiger partial charge in [-0.3, -0.25) is 10.1 Å². The van der Waals surface area contributed by atoms with E-state index in [1.54, 1.807) is 6.07 Å². The Hall–Kier alpha value is -2.56. The van der Waals surface area contributed by atoms with E-state index < -0.39 is 4.92 Å². The number of nitrogens with zero attached hydrogens (tertiary/aromatic N) is 1. The number of nitrogens with one attached hydrogen (secondary N) is 1. The van der Waals surface area contributed by atoms with Gasteiger partial charge in [0.2, 0.25) is 0 Å². The molecule has 0 aliphatic carbocycles. The van der Waals surface area contributed by atoms with Crippen LogP contribution < -0.4 is 11.1 Å². The van der Waals surface area contributed by atoms with Gasteiger partial charge in [-0.2, -0.15) is 0 Å². The number of nitro groups is 1. The van der Waals surface area contributed by atoms with Crippen LogP contribution in [0.3, 0.4) is 0 Å². The van der Waals surface area contributed by atoms with Crippen LogP contribution in [0.25, 0.3) is 0 Å². The Morgan fingerprint density at radius 2 is 1.76 bits per heavy atom. The number of nitro benzene ring substituents is 1. The van der Waals surface area contributed by atoms with Crippen molar-refractivity contribution in [2.75, 3.05) is 11.1 Å². The molecule has 0 aliphatic rings. The molecular formula is C12H11N3O2. The zero-order valence-electron chi connectivity index (χ0n) is 8.96. The fourth-order valence-corrected chi connectivity index (χ4v) is 1.47. The summed E-state index contributed by atoms with van der Waals surface area (Å²) in [5.74, 6) is 0. The van der Waals surface area contributed by atoms with Crippen LogP contribution in [0.4, 0.5) is 22.7 Å². The first-order valence-electron chi connectivity index (χ1n) is 5.03. The van der Waals surface area contributed by atoms with Gasteiger partial charge in [-0.15, -0.1) is 0 Å². The monoisotopic (exact) mass is 229 g/mol. The summed E-state index contributed by atoms with van der Waals surface area (Å²) in [6, 6.07) is 14.1. The first-order chi connectivity index (χ1) is 8.16. The van der Waals surface area contributed by atoms with E-state index >= 15 is 0 Å². The summed E-state index contributed by atoms with van der Waals surface area (Å²) in [7, 11) is 0. The second kappa shape index (κ2) is 4.52. The second-order valence-corrected chi connectivity index (χ2v) is 3.52. The molecule has 0 amide bonds. The minimum Gasteiger partial charge on any atom is -0.393 e. The van der Waals surface area contributed by atoms with Gasteiger partial charge in [0.25, 0.3) is 5.69 Å². The zero-order chi connectivity index (χ0) is 12.3. The van der Waals surface area contributed by atoms with E-state index in [1.165, 1.54) is 12.1 Å². The van der Waals surface area contributed by atoms with Crippen LogP contribution >= 0.6 is 0 Å². The van der Waals surface area contributed by atoms with Crippen molar-refractivity contribution in [3.8, 4) is 0 Å². The molecule has 0 saturated heterocycles. The Kier molecular flexibility index (Phi) is 2.91. The number of nitrogen functional groups attached to an aromatic ring is 1. The summed E-state index contributed by atoms with van der Waals surface area (Å²) in [5.41, 5.74) is 7.09. The molecule has 0 radical (unpaired) electrons. The Labute approximate surface area is 98.0 Å². The lowest BCUT2D eigenvalue weighted by atomic mass is 10.2. The van der Waals surface area contributed by atoms with Gasteiger partial charge in [0.1, 0.15) is 5.69 Å². The third kappa shape index (κ3) is 2.52. The SMILES string of the molecule is Nc1ccc(Nc2ccccc2)cc1[N+](=O)[O-]. The van der Waals surface area contributed by atoms with Crippen molar-refractivity contribution in [2.24, 2.45) is 0 Å². The minimum atomic E-state index is -0.495. The number of nitrogens with two attached hydrogens (primary N) is 1. The summed E-state index contributed by atoms with van der Waals surface area (Å²) < 4.78 is 0. The van der Waals surface area contributed by atoms with Gasteiger partial charge in [0.05, 0.1) is 4.92 Å². The van der Waals surface area contributed by atoms with E-state index in [9.17, 15) is 10.1 Å². The van der Waals surface area contributed by atoms with Crippen molar-refractivity contribution in [1.29, 1.82) is 0 Å². The molecule has 0 aliphatic heterocycles. The summed E-state index contributed by atoms with van der Waals surface area (Å²) in [5, 5.41) is 13.8. The average Bonchev–Trinajstić information content (AvgIpc) is 2.32. The van der Waals surface area contributed by atoms with Crippen molar-refractivity contribution < 1.29 is 4.92 Å². The molecule has 5 nitrogen and oxygen atoms in total. The summed E-state index contributed by atoms with van der Waals surface area (Å²) >= 11 is 0. The molecule has 0 aromatic heterocycles. The Morgan fingerprint density at radius 1 is 1.06 bits per heavy atom. The van der Waals surface area contributed by atoms with E-state index in [2.05, 4.69) is 5.32 Å². The number of hydrogen-bond acceptors (Lipinski definition) is 4. The molecule has 0 bridgehead atoms. The second-order valence-electron chi connectivity index (χ2n) is 3.52. The minimum absolute atomic E-state index is 0.0917. The van der Waals surface area contributed by atoms with Crippen LogP contribution in [0.5, 0.6) is 0 Å². The zero-order valence-corrected chi connectivity index (χ0v) is 8.96. The first kappa shape index (κ1) is 10.9. The molecule has 17 heavy (non-hydrogen) atoms. The number of anilines is 3. The molecule has 2 rings (SSSR count). The molecule has 0 heterocycles. The standard InChI is InChI=1S/C12H11N3O2/c13-11-7-6-10(8-12(11)15(16)17)14-9-4-2-1-3-5-9/h1-8,14H,13H2. The molecule has 0 unspecified atom stereocenters. The maximum absolute atomic E-state index is 10.7. The quantitative estimate of drug-likeness (QED) is 0.481. The molecule has 0 fully saturated rings. The van der Waals surface area contributed by atoms with Gasteiger partial charge in [0, 0.05) is 17.4 Å². The number of benzene rings is 2. The molecule has 5 heteroatoms. The average molecular weight is 229 g/mol. The van der Waals surface area contributed by atoms with Crippen molar-refractivity contribution in [2.45, 2.75) is 0 Å². The number of rotatable bonds is 3. The highest BCUT2D eigenvalue weighted by Gasteiger charge is 2.11. The van der Waals surface area contributed by atoms with Crippen LogP contribution in [0.2, 0.25) is 0 Å². The fourth-order valence-electron chi connectivity index (χ4n) is 1.47. The maximum Gasteiger partial charge on any atom is 0.294 e. The molecule has 0 saturated carbocycles. The largest absolute Gasteiger partial charge is 0.393 e. The van der Waals surface area contributed by atoms with Gasteiger partial charge >= 0.3 is 0 Å². The summed E-state index contributed by atoms with van der Waals surface area (Å²) in [6.07, 6.45) is 0. The van der Waals surface area contributed by atoms with Crippen molar-refractivity contribution in [3.05, 3.63) is 58.6 Å². The number of para-hydroxylation sites is 1. The Bertz CT molecular complexity index is 541. The Balaban J connectivity index is 2.29. The van der Waals surface area contributed by atoms with Crippen molar-refractivity contribution >= 4 is 22.7 Å². The van der Waals surface area contributed by atoms with E-state index in [0.29, 0.717) is 5.69 Å². The van der Waals surface area contributed by atoms with Crippen LogP contribution in [0, 0.1) is 10.1 Å². The van der Waals surface area contributed by atoms with Crippen molar-refractivity contribution in [3.63, 3.8) is 0 Å². The normalized spacial score (nSPS) is 9.88. The van der Waals surface area contributed by atoms with Gasteiger partial charge in [0.15, 0.2) is 0 Å². The molecule has 2 aromatic rings. The van der Waals surface area contributed by atoms with Gasteiger partial charge in [-0.1, -0.05) is 18.2 Å². The highest BCUT2D eigenvalue weighted by atomic mass is 16.6. The third-order valence-electron chi connectivity index (χ3n) is 2.29.